The van der Waals surface area contributed by atoms with Crippen LogP contribution < -0.4 is 9.47 Å². The van der Waals surface area contributed by atoms with Gasteiger partial charge in [-0.3, -0.25) is 4.79 Å². The Kier molecular flexibility index (Phi) is 2.46. The average Bonchev–Trinajstić information content (AvgIpc) is 2.64. The van der Waals surface area contributed by atoms with Gasteiger partial charge in [-0.1, -0.05) is 6.07 Å². The van der Waals surface area contributed by atoms with E-state index in [4.69, 9.17) is 9.47 Å². The topological polar surface area (TPSA) is 35.5 Å². The van der Waals surface area contributed by atoms with Crippen LogP contribution in [0.15, 0.2) is 23.8 Å². The van der Waals surface area contributed by atoms with Gasteiger partial charge < -0.3 is 9.47 Å². The van der Waals surface area contributed by atoms with Gasteiger partial charge in [-0.05, 0) is 43.2 Å². The van der Waals surface area contributed by atoms with Gasteiger partial charge in [-0.25, -0.2) is 0 Å². The van der Waals surface area contributed by atoms with Crippen LogP contribution >= 0.6 is 0 Å². The molecule has 0 spiro atoms. The molecule has 0 N–H and O–H groups in total. The van der Waals surface area contributed by atoms with Gasteiger partial charge in [-0.15, -0.1) is 0 Å². The van der Waals surface area contributed by atoms with Gasteiger partial charge in [0.25, 0.3) is 0 Å². The quantitative estimate of drug-likeness (QED) is 0.694. The van der Waals surface area contributed by atoms with Gasteiger partial charge >= 0.3 is 0 Å². The lowest BCUT2D eigenvalue weighted by Crippen LogP contribution is -1.93. The molecule has 3 heteroatoms. The van der Waals surface area contributed by atoms with E-state index in [2.05, 4.69) is 0 Å². The van der Waals surface area contributed by atoms with E-state index in [1.165, 1.54) is 0 Å². The largest absolute Gasteiger partial charge is 0.454 e. The minimum absolute atomic E-state index is 0.0765. The summed E-state index contributed by atoms with van der Waals surface area (Å²) in [5.74, 6) is 1.57. The monoisotopic (exact) mass is 204 g/mol. The molecule has 0 saturated heterocycles. The molecule has 1 aromatic rings. The molecule has 0 radical (unpaired) electrons. The summed E-state index contributed by atoms with van der Waals surface area (Å²) in [5.41, 5.74) is 1.68. The third kappa shape index (κ3) is 2.01. The molecule has 1 aromatic carbocycles. The van der Waals surface area contributed by atoms with Crippen molar-refractivity contribution in [1.82, 2.24) is 0 Å². The number of benzene rings is 1. The minimum atomic E-state index is 0.0765. The number of fused-ring (bicyclic) bond motifs is 1. The summed E-state index contributed by atoms with van der Waals surface area (Å²) < 4.78 is 10.4. The lowest BCUT2D eigenvalue weighted by atomic mass is 10.1. The van der Waals surface area contributed by atoms with Crippen molar-refractivity contribution in [1.29, 1.82) is 0 Å². The Morgan fingerprint density at radius 3 is 2.73 bits per heavy atom. The Balaban J connectivity index is 2.31. The van der Waals surface area contributed by atoms with Crippen LogP contribution in [0.2, 0.25) is 0 Å². The van der Waals surface area contributed by atoms with Crippen molar-refractivity contribution in [3.8, 4) is 11.5 Å². The number of allylic oxidation sites excluding steroid dienone is 1. The fourth-order valence-electron chi connectivity index (χ4n) is 1.35. The van der Waals surface area contributed by atoms with Crippen molar-refractivity contribution in [3.05, 3.63) is 29.3 Å². The summed E-state index contributed by atoms with van der Waals surface area (Å²) in [4.78, 5) is 11.1. The highest BCUT2D eigenvalue weighted by Crippen LogP contribution is 2.33. The zero-order valence-corrected chi connectivity index (χ0v) is 8.74. The van der Waals surface area contributed by atoms with Gasteiger partial charge in [0.15, 0.2) is 17.3 Å². The van der Waals surface area contributed by atoms with E-state index in [1.54, 1.807) is 13.8 Å². The maximum atomic E-state index is 11.1. The Morgan fingerprint density at radius 2 is 2.00 bits per heavy atom. The number of ketones is 1. The maximum absolute atomic E-state index is 11.1. The van der Waals surface area contributed by atoms with Crippen LogP contribution in [0.5, 0.6) is 11.5 Å². The van der Waals surface area contributed by atoms with Crippen LogP contribution in [-0.2, 0) is 4.79 Å². The van der Waals surface area contributed by atoms with Gasteiger partial charge in [0.2, 0.25) is 6.79 Å². The second-order valence-electron chi connectivity index (χ2n) is 3.50. The highest BCUT2D eigenvalue weighted by Gasteiger charge is 2.12. The van der Waals surface area contributed by atoms with Crippen molar-refractivity contribution in [2.45, 2.75) is 13.8 Å². The second-order valence-corrected chi connectivity index (χ2v) is 3.50. The molecule has 0 fully saturated rings. The first-order valence-electron chi connectivity index (χ1n) is 4.76. The second kappa shape index (κ2) is 3.77. The molecule has 0 aliphatic carbocycles. The molecule has 0 saturated carbocycles. The smallest absolute Gasteiger partial charge is 0.231 e. The van der Waals surface area contributed by atoms with Crippen LogP contribution in [0.3, 0.4) is 0 Å². The van der Waals surface area contributed by atoms with Crippen LogP contribution in [0.1, 0.15) is 19.4 Å². The third-order valence-electron chi connectivity index (χ3n) is 2.34. The molecule has 0 unspecified atom stereocenters. The van der Waals surface area contributed by atoms with Gasteiger partial charge in [0, 0.05) is 0 Å². The molecule has 0 amide bonds. The molecule has 1 aliphatic rings. The molecular formula is C12H12O3. The molecule has 0 aromatic heterocycles. The predicted molar refractivity (Wildman–Crippen MR) is 56.9 cm³/mol. The SMILES string of the molecule is CC(=O)C(C)=Cc1ccc2c(c1)OCO2. The zero-order chi connectivity index (χ0) is 10.8. The number of carbonyl (C=O) groups is 1. The lowest BCUT2D eigenvalue weighted by Gasteiger charge is -1.99. The fraction of sp³-hybridized carbons (Fsp3) is 0.250. The zero-order valence-electron chi connectivity index (χ0n) is 8.74. The summed E-state index contributed by atoms with van der Waals surface area (Å²) in [7, 11) is 0. The van der Waals surface area contributed by atoms with Crippen molar-refractivity contribution in [3.63, 3.8) is 0 Å². The summed E-state index contributed by atoms with van der Waals surface area (Å²) in [5, 5.41) is 0. The number of Topliss-reactive ketones (excluding diaryl/α,β-unsaturated/α-hetero) is 1. The van der Waals surface area contributed by atoms with E-state index in [1.807, 2.05) is 24.3 Å². The predicted octanol–water partition coefficient (Wildman–Crippen LogP) is 2.41. The third-order valence-corrected chi connectivity index (χ3v) is 2.34. The van der Waals surface area contributed by atoms with Gasteiger partial charge in [-0.2, -0.15) is 0 Å². The minimum Gasteiger partial charge on any atom is -0.454 e. The normalized spacial score (nSPS) is 14.1. The van der Waals surface area contributed by atoms with E-state index < -0.39 is 0 Å². The molecule has 1 aliphatic heterocycles. The number of hydrogen-bond acceptors (Lipinski definition) is 3. The molecule has 0 bridgehead atoms. The van der Waals surface area contributed by atoms with Crippen LogP contribution in [-0.4, -0.2) is 12.6 Å². The Morgan fingerprint density at radius 1 is 1.27 bits per heavy atom. The Labute approximate surface area is 88.3 Å². The summed E-state index contributed by atoms with van der Waals surface area (Å²) in [6.07, 6.45) is 1.84. The number of ether oxygens (including phenoxy) is 2. The van der Waals surface area contributed by atoms with Crippen LogP contribution in [0.25, 0.3) is 6.08 Å². The van der Waals surface area contributed by atoms with Gasteiger partial charge in [0.05, 0.1) is 0 Å². The van der Waals surface area contributed by atoms with Crippen molar-refractivity contribution in [2.24, 2.45) is 0 Å². The maximum Gasteiger partial charge on any atom is 0.231 e. The number of rotatable bonds is 2. The van der Waals surface area contributed by atoms with E-state index in [-0.39, 0.29) is 12.6 Å². The molecule has 78 valence electrons. The standard InChI is InChI=1S/C12H12O3/c1-8(9(2)13)5-10-3-4-11-12(6-10)15-7-14-11/h3-6H,7H2,1-2H3. The molecule has 15 heavy (non-hydrogen) atoms. The molecule has 0 atom stereocenters. The van der Waals surface area contributed by atoms with E-state index in [0.29, 0.717) is 0 Å². The summed E-state index contributed by atoms with van der Waals surface area (Å²) in [6, 6.07) is 5.62. The molecule has 2 rings (SSSR count). The first-order chi connectivity index (χ1) is 7.16. The lowest BCUT2D eigenvalue weighted by molar-refractivity contribution is -0.113. The van der Waals surface area contributed by atoms with E-state index in [9.17, 15) is 4.79 Å². The highest BCUT2D eigenvalue weighted by atomic mass is 16.7. The summed E-state index contributed by atoms with van der Waals surface area (Å²) >= 11 is 0. The fourth-order valence-corrected chi connectivity index (χ4v) is 1.35. The van der Waals surface area contributed by atoms with Crippen molar-refractivity contribution < 1.29 is 14.3 Å². The van der Waals surface area contributed by atoms with E-state index in [0.717, 1.165) is 22.6 Å². The summed E-state index contributed by atoms with van der Waals surface area (Å²) in [6.45, 7) is 3.62. The molecule has 1 heterocycles. The van der Waals surface area contributed by atoms with Crippen LogP contribution in [0.4, 0.5) is 0 Å². The Hall–Kier alpha value is -1.77. The Bertz CT molecular complexity index is 432. The molecule has 3 nitrogen and oxygen atoms in total. The number of hydrogen-bond donors (Lipinski definition) is 0. The van der Waals surface area contributed by atoms with Crippen LogP contribution in [0, 0.1) is 0 Å². The van der Waals surface area contributed by atoms with Gasteiger partial charge in [0.1, 0.15) is 0 Å². The molecular weight excluding hydrogens is 192 g/mol. The highest BCUT2D eigenvalue weighted by molar-refractivity contribution is 5.97. The average molecular weight is 204 g/mol. The van der Waals surface area contributed by atoms with Crippen molar-refractivity contribution in [2.75, 3.05) is 6.79 Å². The number of carbonyl (C=O) groups excluding carboxylic acids is 1. The first kappa shape index (κ1) is 9.77. The van der Waals surface area contributed by atoms with E-state index >= 15 is 0 Å². The van der Waals surface area contributed by atoms with Crippen molar-refractivity contribution >= 4 is 11.9 Å². The first-order valence-corrected chi connectivity index (χ1v) is 4.76.